The summed E-state index contributed by atoms with van der Waals surface area (Å²) in [5.41, 5.74) is 2.50. The molecule has 1 unspecified atom stereocenters. The van der Waals surface area contributed by atoms with E-state index in [1.165, 1.54) is 6.07 Å². The molecule has 4 rings (SSSR count). The lowest BCUT2D eigenvalue weighted by molar-refractivity contribution is 0.288. The van der Waals surface area contributed by atoms with E-state index in [4.69, 9.17) is 23.8 Å². The number of nitrogens with one attached hydrogen (secondary N) is 1. The van der Waals surface area contributed by atoms with E-state index in [9.17, 15) is 4.39 Å². The lowest BCUT2D eigenvalue weighted by Crippen LogP contribution is -2.44. The van der Waals surface area contributed by atoms with Gasteiger partial charge in [-0.15, -0.1) is 0 Å². The molecule has 1 aliphatic rings. The molecule has 0 aliphatic carbocycles. The predicted molar refractivity (Wildman–Crippen MR) is 107 cm³/mol. The van der Waals surface area contributed by atoms with Gasteiger partial charge >= 0.3 is 0 Å². The molecule has 1 atom stereocenters. The number of benzene rings is 2. The fourth-order valence-electron chi connectivity index (χ4n) is 3.35. The highest BCUT2D eigenvalue weighted by Gasteiger charge is 2.32. The van der Waals surface area contributed by atoms with Crippen LogP contribution in [-0.4, -0.2) is 21.1 Å². The van der Waals surface area contributed by atoms with Crippen molar-refractivity contribution in [3.05, 3.63) is 89.0 Å². The molecule has 3 aromatic rings. The van der Waals surface area contributed by atoms with Gasteiger partial charge in [0.2, 0.25) is 0 Å². The molecule has 2 aromatic carbocycles. The molecule has 6 heteroatoms. The van der Waals surface area contributed by atoms with Gasteiger partial charge in [-0.25, -0.2) is 4.39 Å². The van der Waals surface area contributed by atoms with Crippen molar-refractivity contribution in [3.8, 4) is 0 Å². The van der Waals surface area contributed by atoms with Gasteiger partial charge in [0, 0.05) is 41.3 Å². The minimum absolute atomic E-state index is 0.230. The quantitative estimate of drug-likeness (QED) is 0.621. The highest BCUT2D eigenvalue weighted by Crippen LogP contribution is 2.34. The van der Waals surface area contributed by atoms with Crippen molar-refractivity contribution in [1.29, 1.82) is 0 Å². The molecule has 0 saturated carbocycles. The summed E-state index contributed by atoms with van der Waals surface area (Å²) < 4.78 is 16.7. The first-order valence-electron chi connectivity index (χ1n) is 8.36. The van der Waals surface area contributed by atoms with Gasteiger partial charge in [-0.3, -0.25) is 0 Å². The van der Waals surface area contributed by atoms with Crippen LogP contribution in [0.4, 0.5) is 10.1 Å². The van der Waals surface area contributed by atoms with Crippen LogP contribution in [0.25, 0.3) is 0 Å². The van der Waals surface area contributed by atoms with Gasteiger partial charge in [0.25, 0.3) is 0 Å². The van der Waals surface area contributed by atoms with E-state index >= 15 is 0 Å². The number of hydrogen-bond acceptors (Lipinski definition) is 1. The van der Waals surface area contributed by atoms with Gasteiger partial charge in [-0.2, -0.15) is 0 Å². The Labute approximate surface area is 162 Å². The Kier molecular flexibility index (Phi) is 4.66. The van der Waals surface area contributed by atoms with Crippen LogP contribution in [0.5, 0.6) is 0 Å². The zero-order valence-corrected chi connectivity index (χ0v) is 15.5. The Balaban J connectivity index is 1.69. The summed E-state index contributed by atoms with van der Waals surface area (Å²) in [4.78, 5) is 2.04. The molecule has 132 valence electrons. The first-order chi connectivity index (χ1) is 12.6. The van der Waals surface area contributed by atoms with Gasteiger partial charge in [0.05, 0.1) is 6.04 Å². The SMILES string of the molecule is Fc1ccccc1C1c2cccn2CCN1C(=S)Nc1ccc(Cl)cc1. The maximum Gasteiger partial charge on any atom is 0.174 e. The van der Waals surface area contributed by atoms with E-state index in [0.29, 0.717) is 22.2 Å². The molecule has 0 radical (unpaired) electrons. The Morgan fingerprint density at radius 1 is 1.04 bits per heavy atom. The molecule has 0 bridgehead atoms. The average Bonchev–Trinajstić information content (AvgIpc) is 3.12. The molecule has 0 amide bonds. The van der Waals surface area contributed by atoms with Crippen LogP contribution in [0.2, 0.25) is 5.02 Å². The molecule has 0 fully saturated rings. The molecule has 0 saturated heterocycles. The molecule has 1 aliphatic heterocycles. The van der Waals surface area contributed by atoms with Crippen molar-refractivity contribution in [2.24, 2.45) is 0 Å². The van der Waals surface area contributed by atoms with Crippen LogP contribution < -0.4 is 5.32 Å². The number of rotatable bonds is 2. The Morgan fingerprint density at radius 3 is 2.58 bits per heavy atom. The Hall–Kier alpha value is -2.37. The number of nitrogens with zero attached hydrogens (tertiary/aromatic N) is 2. The second-order valence-electron chi connectivity index (χ2n) is 6.18. The molecule has 1 aromatic heterocycles. The zero-order valence-electron chi connectivity index (χ0n) is 13.9. The third-order valence-electron chi connectivity index (χ3n) is 4.59. The van der Waals surface area contributed by atoms with Crippen molar-refractivity contribution in [2.45, 2.75) is 12.6 Å². The van der Waals surface area contributed by atoms with Crippen molar-refractivity contribution in [2.75, 3.05) is 11.9 Å². The van der Waals surface area contributed by atoms with Crippen LogP contribution in [0, 0.1) is 5.82 Å². The summed E-state index contributed by atoms with van der Waals surface area (Å²) in [5.74, 6) is -0.230. The first kappa shape index (κ1) is 17.1. The minimum Gasteiger partial charge on any atom is -0.348 e. The summed E-state index contributed by atoms with van der Waals surface area (Å²) in [6.45, 7) is 1.50. The van der Waals surface area contributed by atoms with Crippen LogP contribution in [0.3, 0.4) is 0 Å². The number of anilines is 1. The highest BCUT2D eigenvalue weighted by molar-refractivity contribution is 7.80. The standard InChI is InChI=1S/C20H17ClFN3S/c21-14-7-9-15(10-8-14)23-20(26)25-13-12-24-11-3-6-18(24)19(25)16-4-1-2-5-17(16)22/h1-11,19H,12-13H2,(H,23,26). The fourth-order valence-corrected chi connectivity index (χ4v) is 3.80. The predicted octanol–water partition coefficient (Wildman–Crippen LogP) is 5.08. The fraction of sp³-hybridized carbons (Fsp3) is 0.150. The third-order valence-corrected chi connectivity index (χ3v) is 5.18. The molecular weight excluding hydrogens is 369 g/mol. The zero-order chi connectivity index (χ0) is 18.1. The first-order valence-corrected chi connectivity index (χ1v) is 9.15. The number of hydrogen-bond donors (Lipinski definition) is 1. The number of fused-ring (bicyclic) bond motifs is 1. The van der Waals surface area contributed by atoms with Crippen molar-refractivity contribution in [3.63, 3.8) is 0 Å². The average molecular weight is 386 g/mol. The van der Waals surface area contributed by atoms with Crippen LogP contribution in [0.15, 0.2) is 66.9 Å². The van der Waals surface area contributed by atoms with E-state index in [2.05, 4.69) is 9.88 Å². The van der Waals surface area contributed by atoms with Gasteiger partial charge in [0.1, 0.15) is 5.82 Å². The Bertz CT molecular complexity index is 938. The molecule has 26 heavy (non-hydrogen) atoms. The monoisotopic (exact) mass is 385 g/mol. The van der Waals surface area contributed by atoms with Crippen LogP contribution in [0.1, 0.15) is 17.3 Å². The third kappa shape index (κ3) is 3.20. The lowest BCUT2D eigenvalue weighted by atomic mass is 10.00. The normalized spacial score (nSPS) is 16.2. The summed E-state index contributed by atoms with van der Waals surface area (Å²) >= 11 is 11.6. The maximum atomic E-state index is 14.6. The van der Waals surface area contributed by atoms with E-state index in [0.717, 1.165) is 17.9 Å². The smallest absolute Gasteiger partial charge is 0.174 e. The number of aromatic nitrogens is 1. The molecule has 3 nitrogen and oxygen atoms in total. The molecule has 0 spiro atoms. The minimum atomic E-state index is -0.271. The molecular formula is C20H17ClFN3S. The number of thiocarbonyl (C=S) groups is 1. The van der Waals surface area contributed by atoms with Gasteiger partial charge in [0.15, 0.2) is 5.11 Å². The number of halogens is 2. The molecule has 1 N–H and O–H groups in total. The molecule has 2 heterocycles. The second-order valence-corrected chi connectivity index (χ2v) is 7.00. The maximum absolute atomic E-state index is 14.6. The summed E-state index contributed by atoms with van der Waals surface area (Å²) in [6.07, 6.45) is 2.02. The van der Waals surface area contributed by atoms with E-state index < -0.39 is 0 Å². The lowest BCUT2D eigenvalue weighted by Gasteiger charge is -2.39. The van der Waals surface area contributed by atoms with E-state index in [1.807, 2.05) is 59.6 Å². The van der Waals surface area contributed by atoms with Crippen molar-refractivity contribution >= 4 is 34.6 Å². The topological polar surface area (TPSA) is 20.2 Å². The summed E-state index contributed by atoms with van der Waals surface area (Å²) in [6, 6.07) is 18.0. The second kappa shape index (κ2) is 7.09. The Morgan fingerprint density at radius 2 is 1.81 bits per heavy atom. The van der Waals surface area contributed by atoms with Gasteiger partial charge in [-0.1, -0.05) is 29.8 Å². The van der Waals surface area contributed by atoms with Gasteiger partial charge in [-0.05, 0) is 54.7 Å². The van der Waals surface area contributed by atoms with E-state index in [-0.39, 0.29) is 11.9 Å². The van der Waals surface area contributed by atoms with Crippen molar-refractivity contribution < 1.29 is 4.39 Å². The highest BCUT2D eigenvalue weighted by atomic mass is 35.5. The van der Waals surface area contributed by atoms with Gasteiger partial charge < -0.3 is 14.8 Å². The van der Waals surface area contributed by atoms with Crippen molar-refractivity contribution in [1.82, 2.24) is 9.47 Å². The largest absolute Gasteiger partial charge is 0.348 e. The summed E-state index contributed by atoms with van der Waals surface area (Å²) in [5, 5.41) is 4.48. The summed E-state index contributed by atoms with van der Waals surface area (Å²) in [7, 11) is 0. The van der Waals surface area contributed by atoms with Crippen LogP contribution >= 0.6 is 23.8 Å². The van der Waals surface area contributed by atoms with E-state index in [1.54, 1.807) is 6.07 Å². The van der Waals surface area contributed by atoms with Crippen LogP contribution in [-0.2, 0) is 6.54 Å².